The molecule has 0 aliphatic carbocycles. The summed E-state index contributed by atoms with van der Waals surface area (Å²) in [6.45, 7) is 2.03. The molecule has 0 saturated carbocycles. The zero-order chi connectivity index (χ0) is 12.9. The highest BCUT2D eigenvalue weighted by molar-refractivity contribution is 7.99. The zero-order valence-electron chi connectivity index (χ0n) is 9.89. The molecule has 0 radical (unpaired) electrons. The maximum Gasteiger partial charge on any atom is 0.230 e. The van der Waals surface area contributed by atoms with Crippen LogP contribution in [0.1, 0.15) is 13.3 Å². The molecule has 0 bridgehead atoms. The maximum atomic E-state index is 11.5. The van der Waals surface area contributed by atoms with Crippen LogP contribution in [-0.2, 0) is 14.6 Å². The van der Waals surface area contributed by atoms with E-state index in [4.69, 9.17) is 5.11 Å². The predicted molar refractivity (Wildman–Crippen MR) is 68.8 cm³/mol. The zero-order valence-corrected chi connectivity index (χ0v) is 11.5. The highest BCUT2D eigenvalue weighted by Gasteiger charge is 2.28. The Balaban J connectivity index is 2.18. The van der Waals surface area contributed by atoms with Crippen molar-refractivity contribution in [1.29, 1.82) is 0 Å². The first-order valence-electron chi connectivity index (χ1n) is 5.61. The van der Waals surface area contributed by atoms with E-state index in [9.17, 15) is 13.2 Å². The minimum Gasteiger partial charge on any atom is -0.396 e. The molecule has 1 saturated heterocycles. The van der Waals surface area contributed by atoms with Crippen molar-refractivity contribution in [3.05, 3.63) is 0 Å². The molecule has 1 rings (SSSR count). The molecular formula is C10H19NO4S2. The van der Waals surface area contributed by atoms with Crippen LogP contribution in [0.25, 0.3) is 0 Å². The van der Waals surface area contributed by atoms with Crippen LogP contribution in [0, 0.1) is 5.92 Å². The molecule has 2 N–H and O–H groups in total. The van der Waals surface area contributed by atoms with Gasteiger partial charge in [-0.1, -0.05) is 6.92 Å². The van der Waals surface area contributed by atoms with Crippen molar-refractivity contribution in [3.8, 4) is 0 Å². The first kappa shape index (κ1) is 14.8. The second-order valence-electron chi connectivity index (χ2n) is 4.47. The molecule has 100 valence electrons. The molecule has 1 aliphatic rings. The highest BCUT2D eigenvalue weighted by atomic mass is 32.2. The molecule has 1 fully saturated rings. The Morgan fingerprint density at radius 2 is 2.29 bits per heavy atom. The van der Waals surface area contributed by atoms with Crippen LogP contribution in [-0.4, -0.2) is 55.1 Å². The number of sulfone groups is 1. The quantitative estimate of drug-likeness (QED) is 0.695. The van der Waals surface area contributed by atoms with Gasteiger partial charge in [-0.15, -0.1) is 0 Å². The van der Waals surface area contributed by atoms with Gasteiger partial charge in [0.2, 0.25) is 5.91 Å². The third-order valence-corrected chi connectivity index (χ3v) is 5.58. The molecule has 17 heavy (non-hydrogen) atoms. The number of carbonyl (C=O) groups is 1. The largest absolute Gasteiger partial charge is 0.396 e. The lowest BCUT2D eigenvalue weighted by molar-refractivity contribution is -0.119. The smallest absolute Gasteiger partial charge is 0.230 e. The van der Waals surface area contributed by atoms with Gasteiger partial charge in [-0.2, -0.15) is 11.8 Å². The third kappa shape index (κ3) is 5.74. The summed E-state index contributed by atoms with van der Waals surface area (Å²) in [6, 6.07) is -0.219. The summed E-state index contributed by atoms with van der Waals surface area (Å²) in [4.78, 5) is 11.5. The summed E-state index contributed by atoms with van der Waals surface area (Å²) >= 11 is 1.46. The number of hydrogen-bond donors (Lipinski definition) is 2. The minimum absolute atomic E-state index is 0.0659. The van der Waals surface area contributed by atoms with E-state index >= 15 is 0 Å². The van der Waals surface area contributed by atoms with Crippen molar-refractivity contribution in [1.82, 2.24) is 5.32 Å². The van der Waals surface area contributed by atoms with Gasteiger partial charge in [-0.05, 0) is 18.1 Å². The van der Waals surface area contributed by atoms with Gasteiger partial charge in [0.15, 0.2) is 9.84 Å². The van der Waals surface area contributed by atoms with Gasteiger partial charge in [-0.25, -0.2) is 8.42 Å². The Bertz CT molecular complexity index is 355. The lowest BCUT2D eigenvalue weighted by Gasteiger charge is -2.11. The van der Waals surface area contributed by atoms with E-state index in [1.807, 2.05) is 6.92 Å². The summed E-state index contributed by atoms with van der Waals surface area (Å²) in [5.41, 5.74) is 0. The van der Waals surface area contributed by atoms with E-state index in [0.717, 1.165) is 5.75 Å². The fraction of sp³-hybridized carbons (Fsp3) is 0.900. The van der Waals surface area contributed by atoms with Gasteiger partial charge in [0, 0.05) is 12.6 Å². The third-order valence-electron chi connectivity index (χ3n) is 2.54. The van der Waals surface area contributed by atoms with Crippen LogP contribution < -0.4 is 5.32 Å². The number of thioether (sulfide) groups is 1. The number of hydrogen-bond acceptors (Lipinski definition) is 5. The topological polar surface area (TPSA) is 83.5 Å². The molecule has 0 aromatic rings. The van der Waals surface area contributed by atoms with Gasteiger partial charge in [-0.3, -0.25) is 4.79 Å². The molecule has 2 unspecified atom stereocenters. The van der Waals surface area contributed by atoms with E-state index in [1.54, 1.807) is 0 Å². The number of rotatable bonds is 6. The average Bonchev–Trinajstić information content (AvgIpc) is 2.57. The number of aliphatic hydroxyl groups excluding tert-OH is 1. The van der Waals surface area contributed by atoms with Crippen LogP contribution in [0.15, 0.2) is 0 Å². The summed E-state index contributed by atoms with van der Waals surface area (Å²) in [5, 5.41) is 11.5. The standard InChI is InChI=1S/C10H19NO4S2/c1-8(4-12)5-16-6-10(13)11-9-2-3-17(14,15)7-9/h8-9,12H,2-7H2,1H3,(H,11,13). The first-order valence-corrected chi connectivity index (χ1v) is 8.59. The molecule has 0 aromatic heterocycles. The second kappa shape index (κ2) is 6.61. The van der Waals surface area contributed by atoms with Crippen molar-refractivity contribution in [2.24, 2.45) is 5.92 Å². The van der Waals surface area contributed by atoms with E-state index in [0.29, 0.717) is 12.2 Å². The van der Waals surface area contributed by atoms with Crippen LogP contribution in [0.2, 0.25) is 0 Å². The van der Waals surface area contributed by atoms with E-state index in [-0.39, 0.29) is 36.0 Å². The molecule has 1 aliphatic heterocycles. The normalized spacial score (nSPS) is 24.5. The van der Waals surface area contributed by atoms with E-state index < -0.39 is 9.84 Å². The summed E-state index contributed by atoms with van der Waals surface area (Å²) in [7, 11) is -2.93. The lowest BCUT2D eigenvalue weighted by Crippen LogP contribution is -2.36. The van der Waals surface area contributed by atoms with E-state index in [1.165, 1.54) is 11.8 Å². The fourth-order valence-corrected chi connectivity index (χ4v) is 4.15. The van der Waals surface area contributed by atoms with Crippen molar-refractivity contribution in [2.45, 2.75) is 19.4 Å². The molecule has 1 heterocycles. The van der Waals surface area contributed by atoms with Gasteiger partial charge in [0.05, 0.1) is 17.3 Å². The Kier molecular flexibility index (Phi) is 5.75. The van der Waals surface area contributed by atoms with Crippen molar-refractivity contribution < 1.29 is 18.3 Å². The van der Waals surface area contributed by atoms with Gasteiger partial charge >= 0.3 is 0 Å². The average molecular weight is 281 g/mol. The van der Waals surface area contributed by atoms with Gasteiger partial charge in [0.25, 0.3) is 0 Å². The molecule has 0 spiro atoms. The van der Waals surface area contributed by atoms with Crippen LogP contribution in [0.5, 0.6) is 0 Å². The van der Waals surface area contributed by atoms with Crippen molar-refractivity contribution in [3.63, 3.8) is 0 Å². The van der Waals surface area contributed by atoms with Crippen molar-refractivity contribution >= 4 is 27.5 Å². The molecule has 5 nitrogen and oxygen atoms in total. The summed E-state index contributed by atoms with van der Waals surface area (Å²) in [6.07, 6.45) is 0.520. The number of amides is 1. The minimum atomic E-state index is -2.93. The van der Waals surface area contributed by atoms with Crippen LogP contribution in [0.4, 0.5) is 0 Å². The molecule has 0 aromatic carbocycles. The number of aliphatic hydroxyl groups is 1. The molecular weight excluding hydrogens is 262 g/mol. The van der Waals surface area contributed by atoms with Crippen LogP contribution in [0.3, 0.4) is 0 Å². The summed E-state index contributed by atoms with van der Waals surface area (Å²) in [5.74, 6) is 1.35. The Labute approximate surface area is 106 Å². The van der Waals surface area contributed by atoms with Crippen LogP contribution >= 0.6 is 11.8 Å². The first-order chi connectivity index (χ1) is 7.93. The number of nitrogens with one attached hydrogen (secondary N) is 1. The molecule has 1 amide bonds. The monoisotopic (exact) mass is 281 g/mol. The molecule has 2 atom stereocenters. The second-order valence-corrected chi connectivity index (χ2v) is 7.73. The SMILES string of the molecule is CC(CO)CSCC(=O)NC1CCS(=O)(=O)C1. The van der Waals surface area contributed by atoms with E-state index in [2.05, 4.69) is 5.32 Å². The fourth-order valence-electron chi connectivity index (χ4n) is 1.58. The Morgan fingerprint density at radius 1 is 1.59 bits per heavy atom. The Hall–Kier alpha value is -0.270. The van der Waals surface area contributed by atoms with Gasteiger partial charge in [0.1, 0.15) is 0 Å². The highest BCUT2D eigenvalue weighted by Crippen LogP contribution is 2.12. The predicted octanol–water partition coefficient (Wildman–Crippen LogP) is -0.349. The molecule has 7 heteroatoms. The lowest BCUT2D eigenvalue weighted by atomic mass is 10.2. The number of carbonyl (C=O) groups excluding carboxylic acids is 1. The Morgan fingerprint density at radius 3 is 2.82 bits per heavy atom. The van der Waals surface area contributed by atoms with Crippen molar-refractivity contribution in [2.75, 3.05) is 29.6 Å². The summed E-state index contributed by atoms with van der Waals surface area (Å²) < 4.78 is 22.4. The maximum absolute atomic E-state index is 11.5. The van der Waals surface area contributed by atoms with Gasteiger partial charge < -0.3 is 10.4 Å².